The highest BCUT2D eigenvalue weighted by Gasteiger charge is 2.24. The molecule has 2 aromatic rings. The zero-order valence-corrected chi connectivity index (χ0v) is 13.4. The number of ether oxygens (including phenoxy) is 1. The van der Waals surface area contributed by atoms with Crippen LogP contribution in [0.25, 0.3) is 11.4 Å². The Hall–Kier alpha value is -1.59. The van der Waals surface area contributed by atoms with Gasteiger partial charge in [-0.1, -0.05) is 28.9 Å². The molecule has 1 fully saturated rings. The lowest BCUT2D eigenvalue weighted by Gasteiger charge is -2.30. The average Bonchev–Trinajstić information content (AvgIpc) is 3.03. The van der Waals surface area contributed by atoms with Crippen molar-refractivity contribution in [1.82, 2.24) is 10.1 Å². The van der Waals surface area contributed by atoms with Gasteiger partial charge in [0.05, 0.1) is 6.61 Å². The van der Waals surface area contributed by atoms with Crippen LogP contribution in [0.2, 0.25) is 5.02 Å². The monoisotopic (exact) mass is 321 g/mol. The first-order valence-corrected chi connectivity index (χ1v) is 8.06. The smallest absolute Gasteiger partial charge is 0.324 e. The fourth-order valence-corrected chi connectivity index (χ4v) is 2.94. The molecule has 0 amide bonds. The summed E-state index contributed by atoms with van der Waals surface area (Å²) in [6.45, 7) is 5.42. The van der Waals surface area contributed by atoms with E-state index in [1.54, 1.807) is 0 Å². The Labute approximate surface area is 135 Å². The van der Waals surface area contributed by atoms with Gasteiger partial charge in [0, 0.05) is 36.2 Å². The molecule has 0 saturated carbocycles. The predicted octanol–water partition coefficient (Wildman–Crippen LogP) is 3.64. The van der Waals surface area contributed by atoms with Gasteiger partial charge in [-0.2, -0.15) is 4.98 Å². The molecule has 6 heteroatoms. The van der Waals surface area contributed by atoms with Crippen LogP contribution in [-0.4, -0.2) is 36.4 Å². The average molecular weight is 322 g/mol. The normalized spacial score (nSPS) is 18.6. The third kappa shape index (κ3) is 3.59. The summed E-state index contributed by atoms with van der Waals surface area (Å²) in [6.07, 6.45) is 2.30. The molecule has 1 aromatic heterocycles. The highest BCUT2D eigenvalue weighted by molar-refractivity contribution is 6.30. The molecule has 0 spiro atoms. The first-order chi connectivity index (χ1) is 10.8. The molecule has 1 saturated heterocycles. The Morgan fingerprint density at radius 2 is 2.36 bits per heavy atom. The summed E-state index contributed by atoms with van der Waals surface area (Å²) in [7, 11) is 0. The molecule has 1 aromatic carbocycles. The second-order valence-electron chi connectivity index (χ2n) is 5.52. The van der Waals surface area contributed by atoms with Crippen molar-refractivity contribution in [3.8, 4) is 11.4 Å². The molecule has 0 N–H and O–H groups in total. The minimum absolute atomic E-state index is 0.523. The van der Waals surface area contributed by atoms with E-state index in [1.807, 2.05) is 31.2 Å². The summed E-state index contributed by atoms with van der Waals surface area (Å²) >= 11 is 6.01. The molecular formula is C16H20ClN3O2. The van der Waals surface area contributed by atoms with Crippen LogP contribution in [0.3, 0.4) is 0 Å². The number of piperidine rings is 1. The Bertz CT molecular complexity index is 617. The van der Waals surface area contributed by atoms with Gasteiger partial charge in [0.15, 0.2) is 0 Å². The number of rotatable bonds is 5. The molecule has 118 valence electrons. The maximum atomic E-state index is 6.01. The lowest BCUT2D eigenvalue weighted by atomic mass is 9.99. The van der Waals surface area contributed by atoms with Crippen molar-refractivity contribution in [2.24, 2.45) is 5.92 Å². The van der Waals surface area contributed by atoms with Crippen molar-refractivity contribution < 1.29 is 9.26 Å². The van der Waals surface area contributed by atoms with E-state index in [0.717, 1.165) is 38.3 Å². The summed E-state index contributed by atoms with van der Waals surface area (Å²) in [5, 5.41) is 4.74. The van der Waals surface area contributed by atoms with Crippen LogP contribution >= 0.6 is 11.6 Å². The van der Waals surface area contributed by atoms with Crippen molar-refractivity contribution in [3.63, 3.8) is 0 Å². The van der Waals surface area contributed by atoms with E-state index in [-0.39, 0.29) is 0 Å². The Morgan fingerprint density at radius 1 is 1.45 bits per heavy atom. The van der Waals surface area contributed by atoms with E-state index in [0.29, 0.717) is 22.8 Å². The van der Waals surface area contributed by atoms with Crippen LogP contribution in [0.15, 0.2) is 28.8 Å². The zero-order chi connectivity index (χ0) is 15.4. The first kappa shape index (κ1) is 15.3. The van der Waals surface area contributed by atoms with E-state index < -0.39 is 0 Å². The van der Waals surface area contributed by atoms with Gasteiger partial charge in [-0.05, 0) is 31.9 Å². The summed E-state index contributed by atoms with van der Waals surface area (Å²) in [5.41, 5.74) is 0.866. The number of halogens is 1. The standard InChI is InChI=1S/C16H20ClN3O2/c1-2-21-11-12-5-4-8-20(10-12)16-18-15(19-22-16)13-6-3-7-14(17)9-13/h3,6-7,9,12H,2,4-5,8,10-11H2,1H3. The van der Waals surface area contributed by atoms with Crippen molar-refractivity contribution in [2.45, 2.75) is 19.8 Å². The first-order valence-electron chi connectivity index (χ1n) is 7.68. The van der Waals surface area contributed by atoms with Crippen molar-refractivity contribution >= 4 is 17.6 Å². The van der Waals surface area contributed by atoms with E-state index in [1.165, 1.54) is 6.42 Å². The van der Waals surface area contributed by atoms with Crippen LogP contribution < -0.4 is 4.90 Å². The molecule has 1 unspecified atom stereocenters. The summed E-state index contributed by atoms with van der Waals surface area (Å²) in [4.78, 5) is 6.66. The second kappa shape index (κ2) is 7.11. The third-order valence-corrected chi connectivity index (χ3v) is 4.08. The SMILES string of the molecule is CCOCC1CCCN(c2nc(-c3cccc(Cl)c3)no2)C1. The van der Waals surface area contributed by atoms with Gasteiger partial charge >= 0.3 is 6.01 Å². The molecule has 1 aliphatic heterocycles. The van der Waals surface area contributed by atoms with Gasteiger partial charge < -0.3 is 14.2 Å². The van der Waals surface area contributed by atoms with E-state index in [9.17, 15) is 0 Å². The highest BCUT2D eigenvalue weighted by atomic mass is 35.5. The Balaban J connectivity index is 1.70. The molecule has 0 radical (unpaired) electrons. The molecule has 0 aliphatic carbocycles. The number of hydrogen-bond acceptors (Lipinski definition) is 5. The molecule has 3 rings (SSSR count). The number of anilines is 1. The molecule has 0 bridgehead atoms. The van der Waals surface area contributed by atoms with Crippen molar-refractivity contribution in [1.29, 1.82) is 0 Å². The summed E-state index contributed by atoms with van der Waals surface area (Å²) in [6, 6.07) is 8.05. The zero-order valence-electron chi connectivity index (χ0n) is 12.7. The van der Waals surface area contributed by atoms with Gasteiger partial charge in [0.1, 0.15) is 0 Å². The van der Waals surface area contributed by atoms with E-state index in [4.69, 9.17) is 20.9 Å². The highest BCUT2D eigenvalue weighted by Crippen LogP contribution is 2.25. The van der Waals surface area contributed by atoms with Crippen LogP contribution in [0.4, 0.5) is 6.01 Å². The number of nitrogens with zero attached hydrogens (tertiary/aromatic N) is 3. The number of aromatic nitrogens is 2. The maximum absolute atomic E-state index is 6.01. The molecule has 1 aliphatic rings. The minimum Gasteiger partial charge on any atom is -0.381 e. The Kier molecular flexibility index (Phi) is 4.95. The van der Waals surface area contributed by atoms with Crippen LogP contribution in [0, 0.1) is 5.92 Å². The third-order valence-electron chi connectivity index (χ3n) is 3.85. The van der Waals surface area contributed by atoms with Crippen LogP contribution in [-0.2, 0) is 4.74 Å². The van der Waals surface area contributed by atoms with Gasteiger partial charge in [-0.15, -0.1) is 0 Å². The second-order valence-corrected chi connectivity index (χ2v) is 5.96. The molecule has 22 heavy (non-hydrogen) atoms. The number of benzene rings is 1. The van der Waals surface area contributed by atoms with Crippen molar-refractivity contribution in [3.05, 3.63) is 29.3 Å². The maximum Gasteiger partial charge on any atom is 0.324 e. The topological polar surface area (TPSA) is 51.4 Å². The predicted molar refractivity (Wildman–Crippen MR) is 86.2 cm³/mol. The molecule has 5 nitrogen and oxygen atoms in total. The molecule has 2 heterocycles. The molecule has 1 atom stereocenters. The van der Waals surface area contributed by atoms with Crippen LogP contribution in [0.1, 0.15) is 19.8 Å². The van der Waals surface area contributed by atoms with E-state index >= 15 is 0 Å². The quantitative estimate of drug-likeness (QED) is 0.841. The largest absolute Gasteiger partial charge is 0.381 e. The van der Waals surface area contributed by atoms with E-state index in [2.05, 4.69) is 15.0 Å². The van der Waals surface area contributed by atoms with Gasteiger partial charge in [-0.3, -0.25) is 0 Å². The summed E-state index contributed by atoms with van der Waals surface area (Å²) in [5.74, 6) is 1.10. The fraction of sp³-hybridized carbons (Fsp3) is 0.500. The van der Waals surface area contributed by atoms with Crippen LogP contribution in [0.5, 0.6) is 0 Å². The summed E-state index contributed by atoms with van der Waals surface area (Å²) < 4.78 is 11.0. The van der Waals surface area contributed by atoms with Gasteiger partial charge in [-0.25, -0.2) is 0 Å². The fourth-order valence-electron chi connectivity index (χ4n) is 2.75. The number of hydrogen-bond donors (Lipinski definition) is 0. The van der Waals surface area contributed by atoms with Gasteiger partial charge in [0.2, 0.25) is 5.82 Å². The lowest BCUT2D eigenvalue weighted by molar-refractivity contribution is 0.103. The van der Waals surface area contributed by atoms with Gasteiger partial charge in [0.25, 0.3) is 0 Å². The molecular weight excluding hydrogens is 302 g/mol. The Morgan fingerprint density at radius 3 is 3.18 bits per heavy atom. The van der Waals surface area contributed by atoms with Crippen molar-refractivity contribution in [2.75, 3.05) is 31.2 Å². The lowest BCUT2D eigenvalue weighted by Crippen LogP contribution is -2.37. The minimum atomic E-state index is 0.523.